The normalized spacial score (nSPS) is 23.2. The smallest absolute Gasteiger partial charge is 0.410 e. The second kappa shape index (κ2) is 5.35. The van der Waals surface area contributed by atoms with Crippen LogP contribution in [0.15, 0.2) is 12.5 Å². The van der Waals surface area contributed by atoms with Crippen LogP contribution in [0.1, 0.15) is 64.1 Å². The lowest BCUT2D eigenvalue weighted by molar-refractivity contribution is 0.0292. The molecule has 0 spiro atoms. The second-order valence-electron chi connectivity index (χ2n) is 7.22. The zero-order valence-electron chi connectivity index (χ0n) is 13.2. The molecule has 5 nitrogen and oxygen atoms in total. The summed E-state index contributed by atoms with van der Waals surface area (Å²) in [6, 6.07) is 0.623. The van der Waals surface area contributed by atoms with Gasteiger partial charge >= 0.3 is 6.09 Å². The first-order valence-corrected chi connectivity index (χ1v) is 7.94. The molecule has 1 saturated carbocycles. The summed E-state index contributed by atoms with van der Waals surface area (Å²) >= 11 is 0. The summed E-state index contributed by atoms with van der Waals surface area (Å²) < 4.78 is 7.79. The minimum absolute atomic E-state index is 0.195. The zero-order chi connectivity index (χ0) is 15.0. The maximum Gasteiger partial charge on any atom is 0.410 e. The minimum Gasteiger partial charge on any atom is -0.444 e. The van der Waals surface area contributed by atoms with Gasteiger partial charge in [-0.3, -0.25) is 0 Å². The van der Waals surface area contributed by atoms with E-state index < -0.39 is 5.60 Å². The van der Waals surface area contributed by atoms with Gasteiger partial charge in [0.15, 0.2) is 0 Å². The van der Waals surface area contributed by atoms with Crippen LogP contribution >= 0.6 is 0 Å². The quantitative estimate of drug-likeness (QED) is 0.839. The van der Waals surface area contributed by atoms with Crippen molar-refractivity contribution in [3.63, 3.8) is 0 Å². The van der Waals surface area contributed by atoms with Crippen LogP contribution in [-0.4, -0.2) is 39.2 Å². The fraction of sp³-hybridized carbons (Fsp3) is 0.750. The maximum absolute atomic E-state index is 12.1. The van der Waals surface area contributed by atoms with Crippen molar-refractivity contribution >= 4 is 6.09 Å². The van der Waals surface area contributed by atoms with E-state index in [-0.39, 0.29) is 6.09 Å². The van der Waals surface area contributed by atoms with E-state index in [1.807, 2.05) is 38.2 Å². The fourth-order valence-electron chi connectivity index (χ4n) is 3.10. The van der Waals surface area contributed by atoms with Gasteiger partial charge < -0.3 is 14.2 Å². The number of amides is 1. The molecular formula is C16H25N3O2. The van der Waals surface area contributed by atoms with Crippen molar-refractivity contribution < 1.29 is 9.53 Å². The third-order valence-corrected chi connectivity index (χ3v) is 4.42. The van der Waals surface area contributed by atoms with Crippen LogP contribution in [0, 0.1) is 0 Å². The summed E-state index contributed by atoms with van der Waals surface area (Å²) in [5.41, 5.74) is 0.855. The first-order chi connectivity index (χ1) is 9.94. The molecule has 1 aliphatic carbocycles. The Morgan fingerprint density at radius 2 is 2.10 bits per heavy atom. The van der Waals surface area contributed by atoms with Gasteiger partial charge in [0.05, 0.1) is 6.33 Å². The lowest BCUT2D eigenvalue weighted by Gasteiger charge is -2.30. The van der Waals surface area contributed by atoms with Crippen molar-refractivity contribution in [2.24, 2.45) is 0 Å². The van der Waals surface area contributed by atoms with Gasteiger partial charge in [0, 0.05) is 36.9 Å². The van der Waals surface area contributed by atoms with Crippen molar-refractivity contribution in [3.05, 3.63) is 18.2 Å². The number of rotatable bonds is 2. The highest BCUT2D eigenvalue weighted by Crippen LogP contribution is 2.36. The number of hydrogen-bond donors (Lipinski definition) is 0. The van der Waals surface area contributed by atoms with Gasteiger partial charge in [0.25, 0.3) is 0 Å². The maximum atomic E-state index is 12.1. The molecule has 5 heteroatoms. The Balaban J connectivity index is 1.64. The van der Waals surface area contributed by atoms with E-state index in [0.717, 1.165) is 19.5 Å². The molecule has 3 rings (SSSR count). The molecule has 2 heterocycles. The first kappa shape index (κ1) is 14.4. The van der Waals surface area contributed by atoms with Crippen LogP contribution in [0.5, 0.6) is 0 Å². The summed E-state index contributed by atoms with van der Waals surface area (Å²) in [6.45, 7) is 7.24. The molecule has 1 amide bonds. The second-order valence-corrected chi connectivity index (χ2v) is 7.22. The summed E-state index contributed by atoms with van der Waals surface area (Å²) in [7, 11) is 0. The number of hydrogen-bond acceptors (Lipinski definition) is 3. The predicted molar refractivity (Wildman–Crippen MR) is 80.3 cm³/mol. The molecule has 2 fully saturated rings. The van der Waals surface area contributed by atoms with E-state index in [2.05, 4.69) is 9.55 Å². The Labute approximate surface area is 126 Å². The minimum atomic E-state index is -0.428. The van der Waals surface area contributed by atoms with Gasteiger partial charge in [-0.25, -0.2) is 9.78 Å². The van der Waals surface area contributed by atoms with Gasteiger partial charge in [-0.15, -0.1) is 0 Å². The molecule has 0 aromatic carbocycles. The number of likely N-dealkylation sites (tertiary alicyclic amines) is 1. The Morgan fingerprint density at radius 1 is 1.33 bits per heavy atom. The van der Waals surface area contributed by atoms with Crippen LogP contribution in [0.25, 0.3) is 0 Å². The molecule has 2 aliphatic rings. The Bertz CT molecular complexity index is 514. The van der Waals surface area contributed by atoms with Gasteiger partial charge in [-0.1, -0.05) is 0 Å². The highest BCUT2D eigenvalue weighted by atomic mass is 16.6. The fourth-order valence-corrected chi connectivity index (χ4v) is 3.10. The number of aromatic nitrogens is 2. The average molecular weight is 291 g/mol. The van der Waals surface area contributed by atoms with E-state index in [9.17, 15) is 4.79 Å². The monoisotopic (exact) mass is 291 g/mol. The van der Waals surface area contributed by atoms with Crippen molar-refractivity contribution in [1.82, 2.24) is 14.5 Å². The van der Waals surface area contributed by atoms with Crippen molar-refractivity contribution in [1.29, 1.82) is 0 Å². The van der Waals surface area contributed by atoms with Gasteiger partial charge in [0.1, 0.15) is 5.60 Å². The van der Waals surface area contributed by atoms with E-state index >= 15 is 0 Å². The molecule has 1 aromatic heterocycles. The molecule has 0 N–H and O–H groups in total. The standard InChI is InChI=1S/C16H25N3O2/c1-16(2,3)21-15(20)18-8-7-12(10-18)14-9-17-11-19(14)13-5-4-6-13/h9,11-13H,4-8,10H2,1-3H3. The largest absolute Gasteiger partial charge is 0.444 e. The van der Waals surface area contributed by atoms with Crippen molar-refractivity contribution in [2.45, 2.75) is 64.0 Å². The topological polar surface area (TPSA) is 47.4 Å². The molecular weight excluding hydrogens is 266 g/mol. The Morgan fingerprint density at radius 3 is 2.71 bits per heavy atom. The number of nitrogens with zero attached hydrogens (tertiary/aromatic N) is 3. The molecule has 0 bridgehead atoms. The van der Waals surface area contributed by atoms with Crippen LogP contribution in [0.4, 0.5) is 4.79 Å². The van der Waals surface area contributed by atoms with E-state index in [4.69, 9.17) is 4.74 Å². The van der Waals surface area contributed by atoms with Crippen LogP contribution in [0.2, 0.25) is 0 Å². The van der Waals surface area contributed by atoms with E-state index in [1.54, 1.807) is 0 Å². The summed E-state index contributed by atoms with van der Waals surface area (Å²) in [5.74, 6) is 0.389. The summed E-state index contributed by atoms with van der Waals surface area (Å²) in [6.07, 6.45) is 8.56. The first-order valence-electron chi connectivity index (χ1n) is 7.94. The van der Waals surface area contributed by atoms with Gasteiger partial charge in [0.2, 0.25) is 0 Å². The Hall–Kier alpha value is -1.52. The number of imidazole rings is 1. The molecule has 1 aliphatic heterocycles. The molecule has 1 saturated heterocycles. The molecule has 21 heavy (non-hydrogen) atoms. The average Bonchev–Trinajstić information content (AvgIpc) is 2.91. The van der Waals surface area contributed by atoms with E-state index in [0.29, 0.717) is 12.0 Å². The molecule has 0 radical (unpaired) electrons. The van der Waals surface area contributed by atoms with Crippen molar-refractivity contribution in [2.75, 3.05) is 13.1 Å². The third kappa shape index (κ3) is 3.06. The molecule has 1 unspecified atom stereocenters. The third-order valence-electron chi connectivity index (χ3n) is 4.42. The predicted octanol–water partition coefficient (Wildman–Crippen LogP) is 3.33. The number of carbonyl (C=O) groups excluding carboxylic acids is 1. The number of carbonyl (C=O) groups is 1. The van der Waals surface area contributed by atoms with E-state index in [1.165, 1.54) is 25.0 Å². The lowest BCUT2D eigenvalue weighted by atomic mass is 9.92. The zero-order valence-corrected chi connectivity index (χ0v) is 13.2. The summed E-state index contributed by atoms with van der Waals surface area (Å²) in [5, 5.41) is 0. The van der Waals surface area contributed by atoms with Gasteiger partial charge in [-0.05, 0) is 46.5 Å². The lowest BCUT2D eigenvalue weighted by Crippen LogP contribution is -2.35. The van der Waals surface area contributed by atoms with Crippen LogP contribution in [-0.2, 0) is 4.74 Å². The van der Waals surface area contributed by atoms with Crippen molar-refractivity contribution in [3.8, 4) is 0 Å². The highest BCUT2D eigenvalue weighted by Gasteiger charge is 2.33. The van der Waals surface area contributed by atoms with Crippen LogP contribution < -0.4 is 0 Å². The number of ether oxygens (including phenoxy) is 1. The van der Waals surface area contributed by atoms with Gasteiger partial charge in [-0.2, -0.15) is 0 Å². The molecule has 1 atom stereocenters. The SMILES string of the molecule is CC(C)(C)OC(=O)N1CCC(c2cncn2C2CCC2)C1. The highest BCUT2D eigenvalue weighted by molar-refractivity contribution is 5.68. The molecule has 1 aromatic rings. The van der Waals surface area contributed by atoms with Crippen LogP contribution in [0.3, 0.4) is 0 Å². The Kier molecular flexibility index (Phi) is 3.68. The molecule has 116 valence electrons. The summed E-state index contributed by atoms with van der Waals surface area (Å²) in [4.78, 5) is 18.3.